The summed E-state index contributed by atoms with van der Waals surface area (Å²) in [4.78, 5) is 14.9. The predicted octanol–water partition coefficient (Wildman–Crippen LogP) is 3.80. The molecule has 0 spiro atoms. The number of carbonyl (C=O) groups excluding carboxylic acids is 1. The number of hydrogen-bond donors (Lipinski definition) is 0. The molecule has 0 radical (unpaired) electrons. The van der Waals surface area contributed by atoms with E-state index in [1.54, 1.807) is 36.2 Å². The lowest BCUT2D eigenvalue weighted by Gasteiger charge is -2.26. The van der Waals surface area contributed by atoms with Crippen LogP contribution in [0.5, 0.6) is 0 Å². The van der Waals surface area contributed by atoms with Crippen molar-refractivity contribution in [3.05, 3.63) is 64.7 Å². The largest absolute Gasteiger partial charge is 0.335 e. The number of aryl methyl sites for hydroxylation is 2. The van der Waals surface area contributed by atoms with Gasteiger partial charge in [0.15, 0.2) is 9.84 Å². The van der Waals surface area contributed by atoms with Gasteiger partial charge >= 0.3 is 0 Å². The molecule has 3 rings (SSSR count). The van der Waals surface area contributed by atoms with Crippen molar-refractivity contribution in [1.82, 2.24) is 4.90 Å². The van der Waals surface area contributed by atoms with Gasteiger partial charge in [0.05, 0.1) is 10.9 Å². The molecule has 5 heteroatoms. The number of benzene rings is 2. The van der Waals surface area contributed by atoms with Crippen LogP contribution in [0.15, 0.2) is 47.4 Å². The standard InChI is InChI=1S/C21H25NO3S/c1-15(16-10-12-20(13-11-16)26(3,24)25)22(2)21(23)19-9-8-17-6-4-5-7-18(17)14-19/h8-15H,4-7H2,1-3H3. The Morgan fingerprint density at radius 1 is 1.00 bits per heavy atom. The Morgan fingerprint density at radius 3 is 2.23 bits per heavy atom. The van der Waals surface area contributed by atoms with Crippen LogP contribution in [0.4, 0.5) is 0 Å². The lowest BCUT2D eigenvalue weighted by molar-refractivity contribution is 0.0742. The van der Waals surface area contributed by atoms with E-state index < -0.39 is 9.84 Å². The van der Waals surface area contributed by atoms with Gasteiger partial charge in [0.2, 0.25) is 0 Å². The Bertz CT molecular complexity index is 917. The molecule has 0 saturated heterocycles. The molecule has 1 aliphatic carbocycles. The van der Waals surface area contributed by atoms with E-state index >= 15 is 0 Å². The van der Waals surface area contributed by atoms with Crippen LogP contribution >= 0.6 is 0 Å². The van der Waals surface area contributed by atoms with E-state index in [0.717, 1.165) is 18.4 Å². The average Bonchev–Trinajstić information content (AvgIpc) is 2.65. The Balaban J connectivity index is 1.79. The zero-order valence-electron chi connectivity index (χ0n) is 15.5. The highest BCUT2D eigenvalue weighted by Gasteiger charge is 2.21. The number of sulfone groups is 1. The van der Waals surface area contributed by atoms with Gasteiger partial charge < -0.3 is 4.90 Å². The summed E-state index contributed by atoms with van der Waals surface area (Å²) in [6, 6.07) is 12.6. The van der Waals surface area contributed by atoms with Crippen molar-refractivity contribution >= 4 is 15.7 Å². The molecule has 1 unspecified atom stereocenters. The Kier molecular flexibility index (Phi) is 5.19. The molecule has 2 aromatic rings. The van der Waals surface area contributed by atoms with Crippen molar-refractivity contribution in [2.75, 3.05) is 13.3 Å². The van der Waals surface area contributed by atoms with Crippen LogP contribution < -0.4 is 0 Å². The monoisotopic (exact) mass is 371 g/mol. The normalized spacial score (nSPS) is 15.2. The summed E-state index contributed by atoms with van der Waals surface area (Å²) in [5, 5.41) is 0. The number of nitrogens with zero attached hydrogens (tertiary/aromatic N) is 1. The van der Waals surface area contributed by atoms with Gasteiger partial charge in [-0.05, 0) is 73.6 Å². The van der Waals surface area contributed by atoms with Crippen LogP contribution in [-0.2, 0) is 22.7 Å². The van der Waals surface area contributed by atoms with Gasteiger partial charge in [-0.1, -0.05) is 18.2 Å². The first-order chi connectivity index (χ1) is 12.3. The lowest BCUT2D eigenvalue weighted by atomic mass is 9.90. The molecule has 4 nitrogen and oxygen atoms in total. The second-order valence-electron chi connectivity index (χ2n) is 7.12. The number of carbonyl (C=O) groups is 1. The maximum absolute atomic E-state index is 12.9. The first kappa shape index (κ1) is 18.6. The van der Waals surface area contributed by atoms with E-state index in [2.05, 4.69) is 6.07 Å². The molecule has 0 saturated carbocycles. The van der Waals surface area contributed by atoms with Crippen LogP contribution in [-0.4, -0.2) is 32.5 Å². The molecular formula is C21H25NO3S. The van der Waals surface area contributed by atoms with Crippen LogP contribution in [0.1, 0.15) is 52.9 Å². The highest BCUT2D eigenvalue weighted by Crippen LogP contribution is 2.25. The summed E-state index contributed by atoms with van der Waals surface area (Å²) in [5.41, 5.74) is 4.28. The average molecular weight is 372 g/mol. The molecule has 0 aromatic heterocycles. The summed E-state index contributed by atoms with van der Waals surface area (Å²) in [6.45, 7) is 1.95. The van der Waals surface area contributed by atoms with E-state index in [1.807, 2.05) is 19.1 Å². The van der Waals surface area contributed by atoms with Gasteiger partial charge in [0, 0.05) is 18.9 Å². The number of rotatable bonds is 4. The van der Waals surface area contributed by atoms with Gasteiger partial charge in [-0.15, -0.1) is 0 Å². The Hall–Kier alpha value is -2.14. The number of amides is 1. The van der Waals surface area contributed by atoms with Crippen LogP contribution in [0, 0.1) is 0 Å². The van der Waals surface area contributed by atoms with Gasteiger partial charge in [-0.25, -0.2) is 8.42 Å². The Morgan fingerprint density at radius 2 is 1.62 bits per heavy atom. The maximum atomic E-state index is 12.9. The van der Waals surface area contributed by atoms with Crippen LogP contribution in [0.3, 0.4) is 0 Å². The fraction of sp³-hybridized carbons (Fsp3) is 0.381. The third-order valence-electron chi connectivity index (χ3n) is 5.29. The zero-order chi connectivity index (χ0) is 18.9. The molecule has 1 atom stereocenters. The molecule has 0 bridgehead atoms. The summed E-state index contributed by atoms with van der Waals surface area (Å²) in [6.07, 6.45) is 5.74. The Labute approximate surface area is 155 Å². The van der Waals surface area contributed by atoms with E-state index in [9.17, 15) is 13.2 Å². The molecule has 0 fully saturated rings. The molecular weight excluding hydrogens is 346 g/mol. The van der Waals surface area contributed by atoms with Gasteiger partial charge in [0.25, 0.3) is 5.91 Å². The smallest absolute Gasteiger partial charge is 0.254 e. The van der Waals surface area contributed by atoms with E-state index in [4.69, 9.17) is 0 Å². The zero-order valence-corrected chi connectivity index (χ0v) is 16.3. The molecule has 138 valence electrons. The van der Waals surface area contributed by atoms with Crippen molar-refractivity contribution in [2.45, 2.75) is 43.5 Å². The van der Waals surface area contributed by atoms with Crippen molar-refractivity contribution < 1.29 is 13.2 Å². The number of fused-ring (bicyclic) bond motifs is 1. The van der Waals surface area contributed by atoms with Crippen molar-refractivity contribution in [3.63, 3.8) is 0 Å². The minimum absolute atomic E-state index is 0.0157. The third kappa shape index (κ3) is 3.83. The molecule has 1 aliphatic rings. The summed E-state index contributed by atoms with van der Waals surface area (Å²) in [5.74, 6) is -0.0157. The SMILES string of the molecule is CC(c1ccc(S(C)(=O)=O)cc1)N(C)C(=O)c1ccc2c(c1)CCCC2. The molecule has 0 aliphatic heterocycles. The fourth-order valence-corrected chi connectivity index (χ4v) is 4.09. The topological polar surface area (TPSA) is 54.5 Å². The maximum Gasteiger partial charge on any atom is 0.254 e. The van der Waals surface area contributed by atoms with Crippen LogP contribution in [0.25, 0.3) is 0 Å². The first-order valence-corrected chi connectivity index (χ1v) is 10.9. The fourth-order valence-electron chi connectivity index (χ4n) is 3.46. The number of hydrogen-bond acceptors (Lipinski definition) is 3. The van der Waals surface area contributed by atoms with Crippen molar-refractivity contribution in [1.29, 1.82) is 0 Å². The van der Waals surface area contributed by atoms with Crippen molar-refractivity contribution in [2.24, 2.45) is 0 Å². The predicted molar refractivity (Wildman–Crippen MR) is 103 cm³/mol. The molecule has 1 amide bonds. The summed E-state index contributed by atoms with van der Waals surface area (Å²) < 4.78 is 23.2. The minimum Gasteiger partial charge on any atom is -0.335 e. The van der Waals surface area contributed by atoms with E-state index in [0.29, 0.717) is 5.56 Å². The van der Waals surface area contributed by atoms with Gasteiger partial charge in [0.1, 0.15) is 0 Å². The minimum atomic E-state index is -3.21. The summed E-state index contributed by atoms with van der Waals surface area (Å²) >= 11 is 0. The molecule has 26 heavy (non-hydrogen) atoms. The van der Waals surface area contributed by atoms with Gasteiger partial charge in [-0.3, -0.25) is 4.79 Å². The van der Waals surface area contributed by atoms with Gasteiger partial charge in [-0.2, -0.15) is 0 Å². The van der Waals surface area contributed by atoms with E-state index in [-0.39, 0.29) is 16.8 Å². The third-order valence-corrected chi connectivity index (χ3v) is 6.42. The second kappa shape index (κ2) is 7.23. The first-order valence-electron chi connectivity index (χ1n) is 8.96. The van der Waals surface area contributed by atoms with E-state index in [1.165, 1.54) is 30.2 Å². The molecule has 0 N–H and O–H groups in total. The molecule has 2 aromatic carbocycles. The highest BCUT2D eigenvalue weighted by atomic mass is 32.2. The summed E-state index contributed by atoms with van der Waals surface area (Å²) in [7, 11) is -1.43. The lowest BCUT2D eigenvalue weighted by Crippen LogP contribution is -2.29. The van der Waals surface area contributed by atoms with Crippen LogP contribution in [0.2, 0.25) is 0 Å². The quantitative estimate of drug-likeness (QED) is 0.821. The van der Waals surface area contributed by atoms with Crippen molar-refractivity contribution in [3.8, 4) is 0 Å². The highest BCUT2D eigenvalue weighted by molar-refractivity contribution is 7.90. The molecule has 0 heterocycles. The second-order valence-corrected chi connectivity index (χ2v) is 9.14.